The van der Waals surface area contributed by atoms with E-state index in [0.717, 1.165) is 18.1 Å². The maximum Gasteiger partial charge on any atom is 0.139 e. The van der Waals surface area contributed by atoms with Crippen LogP contribution in [0.15, 0.2) is 6.07 Å². The highest BCUT2D eigenvalue weighted by molar-refractivity contribution is 7.10. The predicted molar refractivity (Wildman–Crippen MR) is 69.0 cm³/mol. The minimum atomic E-state index is 0.604. The standard InChI is InChI=1S/C10H19N5S/c1-14-4-6-15(7-5-14)3-2-12-10-8-9(11)13-16-10/h8,12H,2-7H2,1H3,(H2,11,13). The van der Waals surface area contributed by atoms with Crippen molar-refractivity contribution in [3.05, 3.63) is 6.07 Å². The summed E-state index contributed by atoms with van der Waals surface area (Å²) in [5.74, 6) is 0.604. The van der Waals surface area contributed by atoms with E-state index in [9.17, 15) is 0 Å². The highest BCUT2D eigenvalue weighted by atomic mass is 32.1. The lowest BCUT2D eigenvalue weighted by Crippen LogP contribution is -2.45. The maximum absolute atomic E-state index is 5.55. The molecule has 5 nitrogen and oxygen atoms in total. The van der Waals surface area contributed by atoms with E-state index in [1.54, 1.807) is 0 Å². The van der Waals surface area contributed by atoms with Crippen LogP contribution in [0, 0.1) is 0 Å². The van der Waals surface area contributed by atoms with Crippen LogP contribution in [0.1, 0.15) is 0 Å². The summed E-state index contributed by atoms with van der Waals surface area (Å²) in [6.45, 7) is 6.74. The molecule has 0 unspecified atom stereocenters. The topological polar surface area (TPSA) is 57.4 Å². The molecule has 2 rings (SSSR count). The molecule has 0 amide bonds. The van der Waals surface area contributed by atoms with E-state index in [1.807, 2.05) is 6.07 Å². The third kappa shape index (κ3) is 3.33. The summed E-state index contributed by atoms with van der Waals surface area (Å²) < 4.78 is 4.03. The summed E-state index contributed by atoms with van der Waals surface area (Å²) in [6.07, 6.45) is 0. The van der Waals surface area contributed by atoms with Crippen LogP contribution in [-0.4, -0.2) is 60.5 Å². The van der Waals surface area contributed by atoms with Crippen LogP contribution in [0.2, 0.25) is 0 Å². The second-order valence-corrected chi connectivity index (χ2v) is 4.99. The summed E-state index contributed by atoms with van der Waals surface area (Å²) in [6, 6.07) is 1.88. The molecule has 0 bridgehead atoms. The van der Waals surface area contributed by atoms with E-state index < -0.39 is 0 Å². The zero-order valence-corrected chi connectivity index (χ0v) is 10.5. The molecule has 0 atom stereocenters. The van der Waals surface area contributed by atoms with Crippen LogP contribution in [0.25, 0.3) is 0 Å². The average molecular weight is 241 g/mol. The van der Waals surface area contributed by atoms with Crippen molar-refractivity contribution >= 4 is 22.4 Å². The number of anilines is 2. The van der Waals surface area contributed by atoms with Gasteiger partial charge in [-0.1, -0.05) is 0 Å². The Morgan fingerprint density at radius 1 is 1.44 bits per heavy atom. The Morgan fingerprint density at radius 2 is 2.19 bits per heavy atom. The van der Waals surface area contributed by atoms with Gasteiger partial charge in [0.25, 0.3) is 0 Å². The van der Waals surface area contributed by atoms with Crippen LogP contribution in [0.5, 0.6) is 0 Å². The van der Waals surface area contributed by atoms with Gasteiger partial charge in [0.05, 0.1) is 0 Å². The van der Waals surface area contributed by atoms with E-state index in [4.69, 9.17) is 5.73 Å². The zero-order valence-electron chi connectivity index (χ0n) is 9.65. The predicted octanol–water partition coefficient (Wildman–Crippen LogP) is 0.385. The molecule has 16 heavy (non-hydrogen) atoms. The number of nitrogens with two attached hydrogens (primary N) is 1. The van der Waals surface area contributed by atoms with Gasteiger partial charge in [-0.3, -0.25) is 4.90 Å². The zero-order chi connectivity index (χ0) is 11.4. The van der Waals surface area contributed by atoms with Crippen molar-refractivity contribution in [1.29, 1.82) is 0 Å². The highest BCUT2D eigenvalue weighted by Gasteiger charge is 2.12. The van der Waals surface area contributed by atoms with Gasteiger partial charge in [-0.25, -0.2) is 0 Å². The first-order valence-electron chi connectivity index (χ1n) is 5.61. The van der Waals surface area contributed by atoms with Gasteiger partial charge in [-0.05, 0) is 18.6 Å². The summed E-state index contributed by atoms with van der Waals surface area (Å²) in [5, 5.41) is 4.41. The fourth-order valence-corrected chi connectivity index (χ4v) is 2.38. The molecule has 0 aliphatic carbocycles. The van der Waals surface area contributed by atoms with Crippen molar-refractivity contribution < 1.29 is 0 Å². The number of nitrogens with one attached hydrogen (secondary N) is 1. The first kappa shape index (κ1) is 11.6. The number of hydrogen-bond donors (Lipinski definition) is 2. The second-order valence-electron chi connectivity index (χ2n) is 4.19. The van der Waals surface area contributed by atoms with E-state index in [1.165, 1.54) is 37.7 Å². The van der Waals surface area contributed by atoms with Gasteiger partial charge in [-0.15, -0.1) is 0 Å². The number of nitrogen functional groups attached to an aromatic ring is 1. The molecule has 3 N–H and O–H groups in total. The lowest BCUT2D eigenvalue weighted by Gasteiger charge is -2.32. The Labute approximate surface area is 100 Å². The largest absolute Gasteiger partial charge is 0.383 e. The summed E-state index contributed by atoms with van der Waals surface area (Å²) >= 11 is 1.42. The maximum atomic E-state index is 5.55. The molecule has 1 aromatic rings. The molecule has 1 saturated heterocycles. The van der Waals surface area contributed by atoms with Crippen molar-refractivity contribution in [3.63, 3.8) is 0 Å². The first-order chi connectivity index (χ1) is 7.74. The van der Waals surface area contributed by atoms with Gasteiger partial charge in [0.2, 0.25) is 0 Å². The van der Waals surface area contributed by atoms with Crippen molar-refractivity contribution in [1.82, 2.24) is 14.2 Å². The quantitative estimate of drug-likeness (QED) is 0.798. The molecule has 1 aliphatic rings. The fraction of sp³-hybridized carbons (Fsp3) is 0.700. The average Bonchev–Trinajstić information content (AvgIpc) is 2.67. The number of piperazine rings is 1. The highest BCUT2D eigenvalue weighted by Crippen LogP contribution is 2.16. The van der Waals surface area contributed by atoms with Crippen LogP contribution < -0.4 is 11.1 Å². The van der Waals surface area contributed by atoms with Crippen LogP contribution >= 0.6 is 11.5 Å². The van der Waals surface area contributed by atoms with Gasteiger partial charge < -0.3 is 16.0 Å². The minimum absolute atomic E-state index is 0.604. The third-order valence-corrected chi connectivity index (χ3v) is 3.61. The van der Waals surface area contributed by atoms with Crippen molar-refractivity contribution in [2.45, 2.75) is 0 Å². The van der Waals surface area contributed by atoms with Crippen molar-refractivity contribution in [2.75, 3.05) is 57.4 Å². The van der Waals surface area contributed by atoms with Crippen LogP contribution in [0.3, 0.4) is 0 Å². The molecule has 0 aromatic carbocycles. The Morgan fingerprint density at radius 3 is 2.81 bits per heavy atom. The van der Waals surface area contributed by atoms with Gasteiger partial charge in [-0.2, -0.15) is 4.37 Å². The number of aromatic nitrogens is 1. The summed E-state index contributed by atoms with van der Waals surface area (Å²) in [4.78, 5) is 4.85. The summed E-state index contributed by atoms with van der Waals surface area (Å²) in [7, 11) is 2.18. The van der Waals surface area contributed by atoms with E-state index in [0.29, 0.717) is 5.82 Å². The summed E-state index contributed by atoms with van der Waals surface area (Å²) in [5.41, 5.74) is 5.55. The molecule has 0 radical (unpaired) electrons. The molecular weight excluding hydrogens is 222 g/mol. The first-order valence-corrected chi connectivity index (χ1v) is 6.38. The lowest BCUT2D eigenvalue weighted by atomic mass is 10.3. The molecular formula is C10H19N5S. The second kappa shape index (κ2) is 5.47. The van der Waals surface area contributed by atoms with Gasteiger partial charge in [0.1, 0.15) is 10.8 Å². The molecule has 90 valence electrons. The number of rotatable bonds is 4. The van der Waals surface area contributed by atoms with Crippen LogP contribution in [0.4, 0.5) is 10.8 Å². The van der Waals surface area contributed by atoms with E-state index in [-0.39, 0.29) is 0 Å². The van der Waals surface area contributed by atoms with Gasteiger partial charge in [0.15, 0.2) is 0 Å². The molecule has 6 heteroatoms. The third-order valence-electron chi connectivity index (χ3n) is 2.85. The Kier molecular flexibility index (Phi) is 3.98. The van der Waals surface area contributed by atoms with Gasteiger partial charge in [0, 0.05) is 45.3 Å². The van der Waals surface area contributed by atoms with Gasteiger partial charge >= 0.3 is 0 Å². The molecule has 1 aromatic heterocycles. The molecule has 1 fully saturated rings. The van der Waals surface area contributed by atoms with Crippen molar-refractivity contribution in [3.8, 4) is 0 Å². The molecule has 0 spiro atoms. The Balaban J connectivity index is 1.64. The smallest absolute Gasteiger partial charge is 0.139 e. The SMILES string of the molecule is CN1CCN(CCNc2cc(N)ns2)CC1. The number of hydrogen-bond acceptors (Lipinski definition) is 6. The van der Waals surface area contributed by atoms with E-state index in [2.05, 4.69) is 26.5 Å². The molecule has 1 aliphatic heterocycles. The number of nitrogens with zero attached hydrogens (tertiary/aromatic N) is 3. The van der Waals surface area contributed by atoms with Crippen molar-refractivity contribution in [2.24, 2.45) is 0 Å². The molecule has 2 heterocycles. The van der Waals surface area contributed by atoms with E-state index >= 15 is 0 Å². The fourth-order valence-electron chi connectivity index (χ4n) is 1.78. The Hall–Kier alpha value is -0.850. The normalized spacial score (nSPS) is 18.8. The number of likely N-dealkylation sites (N-methyl/N-ethyl adjacent to an activating group) is 1. The van der Waals surface area contributed by atoms with Crippen LogP contribution in [-0.2, 0) is 0 Å². The minimum Gasteiger partial charge on any atom is -0.383 e. The monoisotopic (exact) mass is 241 g/mol. The Bertz CT molecular complexity index is 319. The molecule has 0 saturated carbocycles. The lowest BCUT2D eigenvalue weighted by molar-refractivity contribution is 0.158.